The van der Waals surface area contributed by atoms with Crippen molar-refractivity contribution in [1.29, 1.82) is 0 Å². The molecule has 0 radical (unpaired) electrons. The average Bonchev–Trinajstić information content (AvgIpc) is 2.19. The zero-order chi connectivity index (χ0) is 9.97. The van der Waals surface area contributed by atoms with Crippen LogP contribution in [0.1, 0.15) is 32.6 Å². The molecule has 2 nitrogen and oxygen atoms in total. The monoisotopic (exact) mass is 196 g/mol. The normalized spacial score (nSPS) is 41.1. The lowest BCUT2D eigenvalue weighted by molar-refractivity contribution is 0.149. The van der Waals surface area contributed by atoms with Gasteiger partial charge in [0.1, 0.15) is 0 Å². The van der Waals surface area contributed by atoms with Crippen LogP contribution in [0.15, 0.2) is 0 Å². The number of likely N-dealkylation sites (tertiary alicyclic amines) is 1. The first-order valence-corrected chi connectivity index (χ1v) is 6.17. The van der Waals surface area contributed by atoms with Gasteiger partial charge in [-0.3, -0.25) is 0 Å². The highest BCUT2D eigenvalue weighted by Gasteiger charge is 2.28. The fourth-order valence-electron chi connectivity index (χ4n) is 2.96. The van der Waals surface area contributed by atoms with Gasteiger partial charge in [-0.05, 0) is 57.7 Å². The summed E-state index contributed by atoms with van der Waals surface area (Å²) in [5, 5.41) is 3.73. The fraction of sp³-hybridized carbons (Fsp3) is 1.00. The van der Waals surface area contributed by atoms with Crippen molar-refractivity contribution in [3.8, 4) is 0 Å². The molecular weight excluding hydrogens is 172 g/mol. The van der Waals surface area contributed by atoms with E-state index in [2.05, 4.69) is 24.2 Å². The van der Waals surface area contributed by atoms with E-state index in [9.17, 15) is 0 Å². The third kappa shape index (κ3) is 2.48. The predicted molar refractivity (Wildman–Crippen MR) is 60.4 cm³/mol. The Balaban J connectivity index is 1.82. The summed E-state index contributed by atoms with van der Waals surface area (Å²) in [5.74, 6) is 1.81. The van der Waals surface area contributed by atoms with E-state index < -0.39 is 0 Å². The van der Waals surface area contributed by atoms with Crippen LogP contribution < -0.4 is 5.32 Å². The molecule has 82 valence electrons. The molecule has 2 aliphatic heterocycles. The Labute approximate surface area is 88.1 Å². The standard InChI is InChI=1S/C12H24N2/c1-10-5-6-12(13-8-10)11-4-3-7-14(2)9-11/h10-13H,3-9H2,1-2H3/t10-,11?,12+/m0/s1. The smallest absolute Gasteiger partial charge is 0.0108 e. The van der Waals surface area contributed by atoms with Crippen molar-refractivity contribution in [3.05, 3.63) is 0 Å². The number of nitrogens with zero attached hydrogens (tertiary/aromatic N) is 1. The van der Waals surface area contributed by atoms with Crippen LogP contribution in [0, 0.1) is 11.8 Å². The molecular formula is C12H24N2. The van der Waals surface area contributed by atoms with Crippen LogP contribution in [0.25, 0.3) is 0 Å². The lowest BCUT2D eigenvalue weighted by atomic mass is 9.84. The summed E-state index contributed by atoms with van der Waals surface area (Å²) >= 11 is 0. The zero-order valence-electron chi connectivity index (χ0n) is 9.63. The van der Waals surface area contributed by atoms with Crippen LogP contribution in [0.2, 0.25) is 0 Å². The molecule has 0 saturated carbocycles. The second-order valence-corrected chi connectivity index (χ2v) is 5.36. The third-order valence-electron chi connectivity index (χ3n) is 3.93. The Hall–Kier alpha value is -0.0800. The summed E-state index contributed by atoms with van der Waals surface area (Å²) in [6.07, 6.45) is 5.67. The fourth-order valence-corrected chi connectivity index (χ4v) is 2.96. The number of hydrogen-bond donors (Lipinski definition) is 1. The molecule has 0 spiro atoms. The topological polar surface area (TPSA) is 15.3 Å². The second kappa shape index (κ2) is 4.63. The Morgan fingerprint density at radius 2 is 2.07 bits per heavy atom. The van der Waals surface area contributed by atoms with Gasteiger partial charge in [-0.15, -0.1) is 0 Å². The molecule has 2 rings (SSSR count). The van der Waals surface area contributed by atoms with Crippen molar-refractivity contribution in [2.24, 2.45) is 11.8 Å². The molecule has 0 amide bonds. The second-order valence-electron chi connectivity index (χ2n) is 5.36. The van der Waals surface area contributed by atoms with Gasteiger partial charge in [0.25, 0.3) is 0 Å². The molecule has 0 aromatic carbocycles. The van der Waals surface area contributed by atoms with Gasteiger partial charge in [-0.25, -0.2) is 0 Å². The Morgan fingerprint density at radius 3 is 2.71 bits per heavy atom. The van der Waals surface area contributed by atoms with Crippen LogP contribution in [-0.2, 0) is 0 Å². The van der Waals surface area contributed by atoms with Crippen molar-refractivity contribution in [2.45, 2.75) is 38.6 Å². The van der Waals surface area contributed by atoms with E-state index in [1.165, 1.54) is 45.3 Å². The predicted octanol–water partition coefficient (Wildman–Crippen LogP) is 1.72. The van der Waals surface area contributed by atoms with Gasteiger partial charge < -0.3 is 10.2 Å². The minimum absolute atomic E-state index is 0.814. The number of piperidine rings is 2. The number of hydrogen-bond acceptors (Lipinski definition) is 2. The SMILES string of the molecule is C[C@H]1CC[C@H](C2CCCN(C)C2)NC1. The van der Waals surface area contributed by atoms with E-state index >= 15 is 0 Å². The molecule has 1 unspecified atom stereocenters. The zero-order valence-corrected chi connectivity index (χ0v) is 9.63. The Morgan fingerprint density at radius 1 is 1.21 bits per heavy atom. The molecule has 2 fully saturated rings. The van der Waals surface area contributed by atoms with Crippen molar-refractivity contribution in [2.75, 3.05) is 26.7 Å². The summed E-state index contributed by atoms with van der Waals surface area (Å²) in [7, 11) is 2.26. The summed E-state index contributed by atoms with van der Waals surface area (Å²) in [5.41, 5.74) is 0. The molecule has 14 heavy (non-hydrogen) atoms. The average molecular weight is 196 g/mol. The largest absolute Gasteiger partial charge is 0.313 e. The lowest BCUT2D eigenvalue weighted by Gasteiger charge is -2.38. The van der Waals surface area contributed by atoms with E-state index in [0.29, 0.717) is 0 Å². The van der Waals surface area contributed by atoms with Crippen LogP contribution >= 0.6 is 0 Å². The molecule has 2 aliphatic rings. The van der Waals surface area contributed by atoms with Gasteiger partial charge in [-0.2, -0.15) is 0 Å². The lowest BCUT2D eigenvalue weighted by Crippen LogP contribution is -2.48. The van der Waals surface area contributed by atoms with Gasteiger partial charge in [0.2, 0.25) is 0 Å². The van der Waals surface area contributed by atoms with Crippen LogP contribution in [0.5, 0.6) is 0 Å². The minimum Gasteiger partial charge on any atom is -0.313 e. The highest BCUT2D eigenvalue weighted by molar-refractivity contribution is 4.85. The molecule has 3 atom stereocenters. The van der Waals surface area contributed by atoms with Gasteiger partial charge >= 0.3 is 0 Å². The molecule has 0 aromatic heterocycles. The molecule has 2 saturated heterocycles. The highest BCUT2D eigenvalue weighted by atomic mass is 15.1. The highest BCUT2D eigenvalue weighted by Crippen LogP contribution is 2.25. The third-order valence-corrected chi connectivity index (χ3v) is 3.93. The van der Waals surface area contributed by atoms with Crippen molar-refractivity contribution in [1.82, 2.24) is 10.2 Å². The maximum absolute atomic E-state index is 3.73. The maximum atomic E-state index is 3.73. The van der Waals surface area contributed by atoms with Crippen molar-refractivity contribution < 1.29 is 0 Å². The van der Waals surface area contributed by atoms with E-state index in [1.807, 2.05) is 0 Å². The van der Waals surface area contributed by atoms with Crippen molar-refractivity contribution >= 4 is 0 Å². The molecule has 0 aromatic rings. The van der Waals surface area contributed by atoms with Gasteiger partial charge in [0, 0.05) is 12.6 Å². The van der Waals surface area contributed by atoms with E-state index in [-0.39, 0.29) is 0 Å². The first kappa shape index (κ1) is 10.4. The molecule has 2 heterocycles. The van der Waals surface area contributed by atoms with Gasteiger partial charge in [0.05, 0.1) is 0 Å². The van der Waals surface area contributed by atoms with Crippen LogP contribution in [0.4, 0.5) is 0 Å². The van der Waals surface area contributed by atoms with Gasteiger partial charge in [-0.1, -0.05) is 6.92 Å². The Bertz CT molecular complexity index is 173. The van der Waals surface area contributed by atoms with Crippen LogP contribution in [0.3, 0.4) is 0 Å². The summed E-state index contributed by atoms with van der Waals surface area (Å²) in [6, 6.07) is 0.814. The molecule has 0 aliphatic carbocycles. The first-order valence-electron chi connectivity index (χ1n) is 6.17. The van der Waals surface area contributed by atoms with Crippen molar-refractivity contribution in [3.63, 3.8) is 0 Å². The molecule has 1 N–H and O–H groups in total. The van der Waals surface area contributed by atoms with Gasteiger partial charge in [0.15, 0.2) is 0 Å². The molecule has 2 heteroatoms. The Kier molecular flexibility index (Phi) is 3.45. The van der Waals surface area contributed by atoms with E-state index in [1.54, 1.807) is 0 Å². The quantitative estimate of drug-likeness (QED) is 0.687. The first-order chi connectivity index (χ1) is 6.75. The van der Waals surface area contributed by atoms with E-state index in [4.69, 9.17) is 0 Å². The maximum Gasteiger partial charge on any atom is 0.0108 e. The summed E-state index contributed by atoms with van der Waals surface area (Å²) in [6.45, 7) is 6.22. The summed E-state index contributed by atoms with van der Waals surface area (Å²) < 4.78 is 0. The molecule has 0 bridgehead atoms. The minimum atomic E-state index is 0.814. The van der Waals surface area contributed by atoms with Crippen LogP contribution in [-0.4, -0.2) is 37.6 Å². The number of nitrogens with one attached hydrogen (secondary N) is 1. The summed E-state index contributed by atoms with van der Waals surface area (Å²) in [4.78, 5) is 2.49. The van der Waals surface area contributed by atoms with E-state index in [0.717, 1.165) is 17.9 Å². The number of rotatable bonds is 1.